The van der Waals surface area contributed by atoms with Crippen LogP contribution in [0.15, 0.2) is 54.6 Å². The smallest absolute Gasteiger partial charge is 0.185 e. The lowest BCUT2D eigenvalue weighted by molar-refractivity contribution is 0.104. The summed E-state index contributed by atoms with van der Waals surface area (Å²) in [5.41, 5.74) is 4.48. The number of ketones is 1. The van der Waals surface area contributed by atoms with Gasteiger partial charge in [-0.2, -0.15) is 5.10 Å². The lowest BCUT2D eigenvalue weighted by Crippen LogP contribution is -2.01. The van der Waals surface area contributed by atoms with Crippen molar-refractivity contribution in [2.45, 2.75) is 13.5 Å². The van der Waals surface area contributed by atoms with Gasteiger partial charge in [0.25, 0.3) is 0 Å². The number of ether oxygens (including phenoxy) is 1. The standard InChI is InChI=1S/C21H20N2O3/c1-14-10-16(11-17(13-24)21(14)26-2)20(25)9-8-18-12-19(23-22-18)15-6-4-3-5-7-15/h3-12,24H,13H2,1-2H3,(H,22,23)/b9-8+. The topological polar surface area (TPSA) is 75.2 Å². The van der Waals surface area contributed by atoms with Crippen LogP contribution in [0.2, 0.25) is 0 Å². The molecule has 0 aliphatic heterocycles. The van der Waals surface area contributed by atoms with Gasteiger partial charge in [0.1, 0.15) is 5.75 Å². The normalized spacial score (nSPS) is 11.0. The first kappa shape index (κ1) is 17.6. The number of carbonyl (C=O) groups excluding carboxylic acids is 1. The van der Waals surface area contributed by atoms with E-state index in [1.165, 1.54) is 6.08 Å². The van der Waals surface area contributed by atoms with Gasteiger partial charge in [0, 0.05) is 16.7 Å². The summed E-state index contributed by atoms with van der Waals surface area (Å²) in [6.07, 6.45) is 3.19. The molecule has 0 atom stereocenters. The van der Waals surface area contributed by atoms with E-state index in [-0.39, 0.29) is 12.4 Å². The third kappa shape index (κ3) is 3.73. The van der Waals surface area contributed by atoms with Gasteiger partial charge in [-0.3, -0.25) is 9.89 Å². The molecule has 2 aromatic carbocycles. The highest BCUT2D eigenvalue weighted by Crippen LogP contribution is 2.26. The molecule has 2 N–H and O–H groups in total. The Balaban J connectivity index is 1.80. The van der Waals surface area contributed by atoms with Crippen LogP contribution in [0.1, 0.15) is 27.2 Å². The molecule has 0 bridgehead atoms. The Labute approximate surface area is 152 Å². The van der Waals surface area contributed by atoms with E-state index in [2.05, 4.69) is 10.2 Å². The van der Waals surface area contributed by atoms with E-state index in [1.54, 1.807) is 25.3 Å². The van der Waals surface area contributed by atoms with E-state index >= 15 is 0 Å². The number of allylic oxidation sites excluding steroid dienone is 1. The SMILES string of the molecule is COc1c(C)cc(C(=O)/C=C/c2cc(-c3ccccc3)n[nH]2)cc1CO. The monoisotopic (exact) mass is 348 g/mol. The second-order valence-electron chi connectivity index (χ2n) is 5.92. The van der Waals surface area contributed by atoms with Crippen molar-refractivity contribution in [1.82, 2.24) is 10.2 Å². The summed E-state index contributed by atoms with van der Waals surface area (Å²) in [6, 6.07) is 15.1. The molecule has 0 radical (unpaired) electrons. The summed E-state index contributed by atoms with van der Waals surface area (Å²) < 4.78 is 5.27. The first-order valence-corrected chi connectivity index (χ1v) is 8.24. The summed E-state index contributed by atoms with van der Waals surface area (Å²) in [4.78, 5) is 12.5. The van der Waals surface area contributed by atoms with Gasteiger partial charge < -0.3 is 9.84 Å². The quantitative estimate of drug-likeness (QED) is 0.525. The summed E-state index contributed by atoms with van der Waals surface area (Å²) in [7, 11) is 1.55. The zero-order valence-electron chi connectivity index (χ0n) is 14.7. The third-order valence-electron chi connectivity index (χ3n) is 4.09. The third-order valence-corrected chi connectivity index (χ3v) is 4.09. The Bertz CT molecular complexity index is 943. The molecule has 0 saturated carbocycles. The van der Waals surface area contributed by atoms with Crippen LogP contribution in [0.5, 0.6) is 5.75 Å². The predicted octanol–water partition coefficient (Wildman–Crippen LogP) is 3.78. The summed E-state index contributed by atoms with van der Waals surface area (Å²) in [5, 5.41) is 16.7. The molecule has 5 nitrogen and oxygen atoms in total. The van der Waals surface area contributed by atoms with Crippen molar-refractivity contribution >= 4 is 11.9 Å². The lowest BCUT2D eigenvalue weighted by atomic mass is 10.0. The minimum atomic E-state index is -0.185. The maximum absolute atomic E-state index is 12.5. The molecule has 1 heterocycles. The van der Waals surface area contributed by atoms with Crippen molar-refractivity contribution in [2.24, 2.45) is 0 Å². The van der Waals surface area contributed by atoms with Gasteiger partial charge in [-0.25, -0.2) is 0 Å². The van der Waals surface area contributed by atoms with Gasteiger partial charge in [0.05, 0.1) is 25.1 Å². The van der Waals surface area contributed by atoms with Gasteiger partial charge in [-0.15, -0.1) is 0 Å². The number of H-pyrrole nitrogens is 1. The number of aryl methyl sites for hydroxylation is 1. The van der Waals surface area contributed by atoms with Crippen molar-refractivity contribution in [2.75, 3.05) is 7.11 Å². The number of hydrogen-bond donors (Lipinski definition) is 2. The maximum atomic E-state index is 12.5. The van der Waals surface area contributed by atoms with Gasteiger partial charge in [-0.1, -0.05) is 30.3 Å². The molecule has 0 saturated heterocycles. The molecule has 3 rings (SSSR count). The van der Waals surface area contributed by atoms with Crippen LogP contribution in [0, 0.1) is 6.92 Å². The molecular formula is C21H20N2O3. The number of benzene rings is 2. The summed E-state index contributed by atoms with van der Waals surface area (Å²) >= 11 is 0. The van der Waals surface area contributed by atoms with Crippen LogP contribution in [0.25, 0.3) is 17.3 Å². The Morgan fingerprint density at radius 3 is 2.69 bits per heavy atom. The van der Waals surface area contributed by atoms with Crippen LogP contribution in [0.4, 0.5) is 0 Å². The first-order chi connectivity index (χ1) is 12.6. The minimum Gasteiger partial charge on any atom is -0.496 e. The highest BCUT2D eigenvalue weighted by atomic mass is 16.5. The van der Waals surface area contributed by atoms with Crippen LogP contribution < -0.4 is 4.74 Å². The zero-order chi connectivity index (χ0) is 18.5. The molecule has 132 valence electrons. The Hall–Kier alpha value is -3.18. The first-order valence-electron chi connectivity index (χ1n) is 8.24. The lowest BCUT2D eigenvalue weighted by Gasteiger charge is -2.11. The average Bonchev–Trinajstić information content (AvgIpc) is 3.15. The molecule has 3 aromatic rings. The molecule has 0 spiro atoms. The number of aliphatic hydroxyl groups excluding tert-OH is 1. The van der Waals surface area contributed by atoms with Crippen molar-refractivity contribution in [3.8, 4) is 17.0 Å². The highest BCUT2D eigenvalue weighted by molar-refractivity contribution is 6.07. The molecular weight excluding hydrogens is 328 g/mol. The molecule has 0 aliphatic carbocycles. The number of nitrogens with zero attached hydrogens (tertiary/aromatic N) is 1. The Morgan fingerprint density at radius 1 is 1.23 bits per heavy atom. The second-order valence-corrected chi connectivity index (χ2v) is 5.92. The number of methoxy groups -OCH3 is 1. The largest absolute Gasteiger partial charge is 0.496 e. The van der Waals surface area contributed by atoms with E-state index in [1.807, 2.05) is 43.3 Å². The highest BCUT2D eigenvalue weighted by Gasteiger charge is 2.11. The van der Waals surface area contributed by atoms with Crippen molar-refractivity contribution < 1.29 is 14.6 Å². The van der Waals surface area contributed by atoms with E-state index in [9.17, 15) is 9.90 Å². The number of carbonyl (C=O) groups is 1. The zero-order valence-corrected chi connectivity index (χ0v) is 14.7. The fourth-order valence-corrected chi connectivity index (χ4v) is 2.84. The van der Waals surface area contributed by atoms with Crippen molar-refractivity contribution in [3.05, 3.63) is 77.0 Å². The molecule has 26 heavy (non-hydrogen) atoms. The number of aromatic amines is 1. The van der Waals surface area contributed by atoms with Crippen LogP contribution in [-0.4, -0.2) is 28.2 Å². The fraction of sp³-hybridized carbons (Fsp3) is 0.143. The number of aliphatic hydroxyl groups is 1. The summed E-state index contributed by atoms with van der Waals surface area (Å²) in [6.45, 7) is 1.66. The van der Waals surface area contributed by atoms with Crippen molar-refractivity contribution in [3.63, 3.8) is 0 Å². The van der Waals surface area contributed by atoms with Gasteiger partial charge in [0.15, 0.2) is 5.78 Å². The Morgan fingerprint density at radius 2 is 2.00 bits per heavy atom. The van der Waals surface area contributed by atoms with E-state index in [0.717, 1.165) is 22.5 Å². The van der Waals surface area contributed by atoms with Gasteiger partial charge in [0.2, 0.25) is 0 Å². The fourth-order valence-electron chi connectivity index (χ4n) is 2.84. The molecule has 0 amide bonds. The Kier molecular flexibility index (Phi) is 5.29. The van der Waals surface area contributed by atoms with Crippen LogP contribution in [0.3, 0.4) is 0 Å². The molecule has 5 heteroatoms. The molecule has 0 unspecified atom stereocenters. The average molecular weight is 348 g/mol. The van der Waals surface area contributed by atoms with Crippen molar-refractivity contribution in [1.29, 1.82) is 0 Å². The predicted molar refractivity (Wildman–Crippen MR) is 101 cm³/mol. The molecule has 1 aromatic heterocycles. The molecule has 0 aliphatic rings. The van der Waals surface area contributed by atoms with Gasteiger partial charge in [-0.05, 0) is 42.8 Å². The van der Waals surface area contributed by atoms with Gasteiger partial charge >= 0.3 is 0 Å². The van der Waals surface area contributed by atoms with E-state index in [4.69, 9.17) is 4.74 Å². The van der Waals surface area contributed by atoms with Crippen LogP contribution in [-0.2, 0) is 6.61 Å². The number of rotatable bonds is 6. The minimum absolute atomic E-state index is 0.152. The summed E-state index contributed by atoms with van der Waals surface area (Å²) in [5.74, 6) is 0.454. The number of hydrogen-bond acceptors (Lipinski definition) is 4. The molecule has 0 fully saturated rings. The number of aromatic nitrogens is 2. The maximum Gasteiger partial charge on any atom is 0.185 e. The number of nitrogens with one attached hydrogen (secondary N) is 1. The van der Waals surface area contributed by atoms with Crippen LogP contribution >= 0.6 is 0 Å². The second kappa shape index (κ2) is 7.80. The van der Waals surface area contributed by atoms with E-state index in [0.29, 0.717) is 16.9 Å². The van der Waals surface area contributed by atoms with E-state index < -0.39 is 0 Å².